The molecular formula is C19H30N2O3S. The van der Waals surface area contributed by atoms with Crippen molar-refractivity contribution in [2.45, 2.75) is 76.3 Å². The molecule has 1 saturated carbocycles. The third-order valence-electron chi connectivity index (χ3n) is 4.63. The minimum Gasteiger partial charge on any atom is -0.339 e. The molecule has 0 aliphatic heterocycles. The van der Waals surface area contributed by atoms with Gasteiger partial charge in [0, 0.05) is 24.2 Å². The van der Waals surface area contributed by atoms with Gasteiger partial charge in [0.1, 0.15) is 0 Å². The van der Waals surface area contributed by atoms with Crippen LogP contribution in [-0.2, 0) is 10.0 Å². The molecule has 0 atom stereocenters. The monoisotopic (exact) mass is 366 g/mol. The molecule has 0 radical (unpaired) electrons. The highest BCUT2D eigenvalue weighted by molar-refractivity contribution is 7.89. The summed E-state index contributed by atoms with van der Waals surface area (Å²) in [6.07, 6.45) is 5.55. The molecule has 1 aromatic rings. The number of amides is 1. The van der Waals surface area contributed by atoms with Crippen molar-refractivity contribution < 1.29 is 13.2 Å². The van der Waals surface area contributed by atoms with Gasteiger partial charge in [0.25, 0.3) is 5.91 Å². The topological polar surface area (TPSA) is 66.5 Å². The highest BCUT2D eigenvalue weighted by Gasteiger charge is 2.27. The van der Waals surface area contributed by atoms with Gasteiger partial charge in [0.2, 0.25) is 10.0 Å². The van der Waals surface area contributed by atoms with Crippen LogP contribution in [0.4, 0.5) is 0 Å². The molecule has 0 aromatic heterocycles. The average molecular weight is 367 g/mol. The van der Waals surface area contributed by atoms with E-state index in [4.69, 9.17) is 0 Å². The van der Waals surface area contributed by atoms with Crippen LogP contribution in [-0.4, -0.2) is 37.9 Å². The quantitative estimate of drug-likeness (QED) is 0.887. The van der Waals surface area contributed by atoms with Crippen molar-refractivity contribution in [3.05, 3.63) is 29.3 Å². The molecule has 0 saturated heterocycles. The predicted octanol–water partition coefficient (Wildman–Crippen LogP) is 3.48. The first-order valence-corrected chi connectivity index (χ1v) is 10.4. The number of nitrogens with zero attached hydrogens (tertiary/aromatic N) is 1. The average Bonchev–Trinajstić information content (AvgIpc) is 2.52. The molecule has 1 amide bonds. The minimum absolute atomic E-state index is 0.0998. The number of carbonyl (C=O) groups is 1. The van der Waals surface area contributed by atoms with Crippen molar-refractivity contribution in [2.75, 3.05) is 7.05 Å². The second-order valence-corrected chi connectivity index (χ2v) is 9.72. The van der Waals surface area contributed by atoms with E-state index in [-0.39, 0.29) is 16.8 Å². The Morgan fingerprint density at radius 2 is 1.76 bits per heavy atom. The highest BCUT2D eigenvalue weighted by atomic mass is 32.2. The molecule has 1 aromatic carbocycles. The smallest absolute Gasteiger partial charge is 0.254 e. The number of hydrogen-bond acceptors (Lipinski definition) is 3. The maximum Gasteiger partial charge on any atom is 0.254 e. The van der Waals surface area contributed by atoms with Gasteiger partial charge in [-0.2, -0.15) is 0 Å². The van der Waals surface area contributed by atoms with E-state index in [0.29, 0.717) is 5.56 Å². The van der Waals surface area contributed by atoms with Crippen molar-refractivity contribution in [3.63, 3.8) is 0 Å². The van der Waals surface area contributed by atoms with Gasteiger partial charge in [0.15, 0.2) is 0 Å². The summed E-state index contributed by atoms with van der Waals surface area (Å²) in [7, 11) is -1.84. The van der Waals surface area contributed by atoms with Crippen LogP contribution < -0.4 is 4.72 Å². The van der Waals surface area contributed by atoms with Crippen LogP contribution in [0.2, 0.25) is 0 Å². The first-order chi connectivity index (χ1) is 11.5. The number of sulfonamides is 1. The molecule has 2 rings (SSSR count). The maximum atomic E-state index is 12.9. The minimum atomic E-state index is -3.66. The predicted molar refractivity (Wildman–Crippen MR) is 100 cm³/mol. The summed E-state index contributed by atoms with van der Waals surface area (Å²) in [6.45, 7) is 7.22. The molecule has 25 heavy (non-hydrogen) atoms. The second kappa shape index (κ2) is 7.46. The lowest BCUT2D eigenvalue weighted by atomic mass is 9.94. The van der Waals surface area contributed by atoms with Crippen LogP contribution in [0.1, 0.15) is 68.8 Å². The third-order valence-corrected chi connectivity index (χ3v) is 6.39. The fraction of sp³-hybridized carbons (Fsp3) is 0.632. The van der Waals surface area contributed by atoms with Crippen molar-refractivity contribution in [2.24, 2.45) is 0 Å². The van der Waals surface area contributed by atoms with Gasteiger partial charge in [-0.15, -0.1) is 0 Å². The van der Waals surface area contributed by atoms with Gasteiger partial charge in [-0.3, -0.25) is 4.79 Å². The van der Waals surface area contributed by atoms with Crippen molar-refractivity contribution in [1.29, 1.82) is 0 Å². The Hall–Kier alpha value is -1.40. The van der Waals surface area contributed by atoms with Crippen LogP contribution in [0.15, 0.2) is 23.1 Å². The number of rotatable bonds is 4. The zero-order valence-corrected chi connectivity index (χ0v) is 16.7. The lowest BCUT2D eigenvalue weighted by molar-refractivity contribution is 0.0695. The van der Waals surface area contributed by atoms with Crippen molar-refractivity contribution >= 4 is 15.9 Å². The largest absolute Gasteiger partial charge is 0.339 e. The summed E-state index contributed by atoms with van der Waals surface area (Å²) in [4.78, 5) is 14.9. The molecule has 0 bridgehead atoms. The van der Waals surface area contributed by atoms with Crippen LogP contribution >= 0.6 is 0 Å². The third kappa shape index (κ3) is 5.05. The summed E-state index contributed by atoms with van der Waals surface area (Å²) in [5, 5.41) is 0. The Bertz CT molecular complexity index is 730. The Morgan fingerprint density at radius 1 is 1.16 bits per heavy atom. The van der Waals surface area contributed by atoms with E-state index in [2.05, 4.69) is 4.72 Å². The lowest BCUT2D eigenvalue weighted by Gasteiger charge is -2.31. The zero-order valence-electron chi connectivity index (χ0n) is 15.9. The Morgan fingerprint density at radius 3 is 2.32 bits per heavy atom. The maximum absolute atomic E-state index is 12.9. The van der Waals surface area contributed by atoms with E-state index in [1.54, 1.807) is 37.8 Å². The van der Waals surface area contributed by atoms with Gasteiger partial charge < -0.3 is 4.90 Å². The number of hydrogen-bond donors (Lipinski definition) is 1. The van der Waals surface area contributed by atoms with Gasteiger partial charge in [-0.25, -0.2) is 13.1 Å². The molecule has 1 aliphatic carbocycles. The lowest BCUT2D eigenvalue weighted by Crippen LogP contribution is -2.41. The van der Waals surface area contributed by atoms with Gasteiger partial charge in [-0.05, 0) is 58.2 Å². The standard InChI is InChI=1S/C19H30N2O3S/c1-14-11-12-16(25(23,24)20-19(2,3)4)13-17(14)18(22)21(5)15-9-7-6-8-10-15/h11-13,15,20H,6-10H2,1-5H3. The summed E-state index contributed by atoms with van der Waals surface area (Å²) >= 11 is 0. The van der Waals surface area contributed by atoms with E-state index >= 15 is 0 Å². The van der Waals surface area contributed by atoms with Crippen LogP contribution in [0.25, 0.3) is 0 Å². The van der Waals surface area contributed by atoms with Gasteiger partial charge in [0.05, 0.1) is 4.90 Å². The van der Waals surface area contributed by atoms with Crippen molar-refractivity contribution in [3.8, 4) is 0 Å². The molecular weight excluding hydrogens is 336 g/mol. The van der Waals surface area contributed by atoms with E-state index in [1.807, 2.05) is 14.0 Å². The number of carbonyl (C=O) groups excluding carboxylic acids is 1. The first-order valence-electron chi connectivity index (χ1n) is 8.93. The molecule has 1 aliphatic rings. The SMILES string of the molecule is Cc1ccc(S(=O)(=O)NC(C)(C)C)cc1C(=O)N(C)C1CCCCC1. The molecule has 1 fully saturated rings. The van der Waals surface area contributed by atoms with Crippen LogP contribution in [0, 0.1) is 6.92 Å². The summed E-state index contributed by atoms with van der Waals surface area (Å²) < 4.78 is 27.8. The summed E-state index contributed by atoms with van der Waals surface area (Å²) in [6, 6.07) is 5.01. The van der Waals surface area contributed by atoms with Crippen LogP contribution in [0.5, 0.6) is 0 Å². The Kier molecular flexibility index (Phi) is 5.94. The van der Waals surface area contributed by atoms with Crippen molar-refractivity contribution in [1.82, 2.24) is 9.62 Å². The Labute approximate surface area is 151 Å². The highest BCUT2D eigenvalue weighted by Crippen LogP contribution is 2.25. The van der Waals surface area contributed by atoms with Gasteiger partial charge in [-0.1, -0.05) is 25.3 Å². The van der Waals surface area contributed by atoms with Crippen LogP contribution in [0.3, 0.4) is 0 Å². The Balaban J connectivity index is 2.30. The number of nitrogens with one attached hydrogen (secondary N) is 1. The number of benzene rings is 1. The van der Waals surface area contributed by atoms with E-state index in [0.717, 1.165) is 31.2 Å². The van der Waals surface area contributed by atoms with Gasteiger partial charge >= 0.3 is 0 Å². The fourth-order valence-corrected chi connectivity index (χ4v) is 4.73. The summed E-state index contributed by atoms with van der Waals surface area (Å²) in [5.74, 6) is -0.0998. The van der Waals surface area contributed by atoms with E-state index < -0.39 is 15.6 Å². The number of aryl methyl sites for hydroxylation is 1. The van der Waals surface area contributed by atoms with E-state index in [1.165, 1.54) is 12.5 Å². The zero-order chi connectivity index (χ0) is 18.8. The fourth-order valence-electron chi connectivity index (χ4n) is 3.28. The normalized spacial score (nSPS) is 16.7. The molecule has 0 heterocycles. The molecule has 0 spiro atoms. The molecule has 6 heteroatoms. The molecule has 0 unspecified atom stereocenters. The summed E-state index contributed by atoms with van der Waals surface area (Å²) in [5.41, 5.74) is 0.680. The van der Waals surface area contributed by atoms with E-state index in [9.17, 15) is 13.2 Å². The molecule has 5 nitrogen and oxygen atoms in total. The second-order valence-electron chi connectivity index (χ2n) is 8.04. The first kappa shape index (κ1) is 19.9. The molecule has 140 valence electrons. The molecule has 1 N–H and O–H groups in total.